The molecular formula is C21H24N2O2S. The number of rotatable bonds is 5. The van der Waals surface area contributed by atoms with Crippen molar-refractivity contribution in [3.63, 3.8) is 0 Å². The van der Waals surface area contributed by atoms with Crippen molar-refractivity contribution in [2.75, 3.05) is 20.2 Å². The highest BCUT2D eigenvalue weighted by Crippen LogP contribution is 2.32. The van der Waals surface area contributed by atoms with Crippen LogP contribution in [0.1, 0.15) is 29.5 Å². The minimum atomic E-state index is -0.398. The summed E-state index contributed by atoms with van der Waals surface area (Å²) in [6.07, 6.45) is 1.63. The number of likely N-dealkylation sites (tertiary alicyclic amines) is 1. The van der Waals surface area contributed by atoms with E-state index in [1.54, 1.807) is 18.4 Å². The molecule has 0 aliphatic carbocycles. The highest BCUT2D eigenvalue weighted by atomic mass is 32.1. The zero-order valence-electron chi connectivity index (χ0n) is 15.0. The molecule has 136 valence electrons. The molecule has 0 radical (unpaired) electrons. The molecular weight excluding hydrogens is 344 g/mol. The fraction of sp³-hybridized carbons (Fsp3) is 0.381. The predicted octanol–water partition coefficient (Wildman–Crippen LogP) is 4.25. The van der Waals surface area contributed by atoms with Crippen LogP contribution < -0.4 is 4.74 Å². The molecule has 0 amide bonds. The van der Waals surface area contributed by atoms with Crippen molar-refractivity contribution in [3.8, 4) is 5.75 Å². The number of hydrogen-bond acceptors (Lipinski definition) is 5. The topological polar surface area (TPSA) is 45.6 Å². The lowest BCUT2D eigenvalue weighted by Gasteiger charge is -2.34. The van der Waals surface area contributed by atoms with Gasteiger partial charge < -0.3 is 9.84 Å². The molecule has 4 rings (SSSR count). The molecule has 1 aliphatic heterocycles. The lowest BCUT2D eigenvalue weighted by atomic mass is 9.87. The number of benzene rings is 2. The van der Waals surface area contributed by atoms with Crippen LogP contribution in [0.2, 0.25) is 0 Å². The summed E-state index contributed by atoms with van der Waals surface area (Å²) in [6.45, 7) is 2.92. The van der Waals surface area contributed by atoms with Gasteiger partial charge in [-0.15, -0.1) is 11.3 Å². The van der Waals surface area contributed by atoms with Gasteiger partial charge in [0.25, 0.3) is 0 Å². The first-order valence-electron chi connectivity index (χ1n) is 9.12. The summed E-state index contributed by atoms with van der Waals surface area (Å²) in [4.78, 5) is 7.19. The van der Waals surface area contributed by atoms with E-state index in [1.807, 2.05) is 30.3 Å². The Morgan fingerprint density at radius 3 is 2.58 bits per heavy atom. The molecule has 2 aromatic carbocycles. The third kappa shape index (κ3) is 3.75. The van der Waals surface area contributed by atoms with Crippen molar-refractivity contribution in [2.24, 2.45) is 5.92 Å². The zero-order chi connectivity index (χ0) is 17.9. The number of fused-ring (bicyclic) bond motifs is 1. The number of thiazole rings is 1. The number of ether oxygens (including phenoxy) is 1. The summed E-state index contributed by atoms with van der Waals surface area (Å²) in [5.41, 5.74) is 2.08. The average Bonchev–Trinajstić information content (AvgIpc) is 3.10. The molecule has 1 saturated heterocycles. The smallest absolute Gasteiger partial charge is 0.118 e. The van der Waals surface area contributed by atoms with E-state index in [4.69, 9.17) is 9.72 Å². The maximum Gasteiger partial charge on any atom is 0.118 e. The number of para-hydroxylation sites is 1. The van der Waals surface area contributed by atoms with Crippen molar-refractivity contribution in [3.05, 3.63) is 59.1 Å². The van der Waals surface area contributed by atoms with Crippen LogP contribution >= 0.6 is 11.3 Å². The minimum absolute atomic E-state index is 0.315. The standard InChI is InChI=1S/C21H24N2O2S/c1-25-17-8-6-15(7-9-17)21(24)16-10-12-23(13-11-16)14-20-22-18-4-2-3-5-19(18)26-20/h2-9,16,21,24H,10-14H2,1H3/t21-/m1/s1. The first-order chi connectivity index (χ1) is 12.7. The number of aliphatic hydroxyl groups excluding tert-OH is 1. The quantitative estimate of drug-likeness (QED) is 0.731. The van der Waals surface area contributed by atoms with E-state index in [2.05, 4.69) is 23.1 Å². The van der Waals surface area contributed by atoms with Crippen molar-refractivity contribution < 1.29 is 9.84 Å². The van der Waals surface area contributed by atoms with Crippen LogP contribution in [-0.4, -0.2) is 35.2 Å². The van der Waals surface area contributed by atoms with Crippen LogP contribution in [0.3, 0.4) is 0 Å². The number of hydrogen-bond donors (Lipinski definition) is 1. The van der Waals surface area contributed by atoms with Gasteiger partial charge in [0.2, 0.25) is 0 Å². The largest absolute Gasteiger partial charge is 0.497 e. The van der Waals surface area contributed by atoms with Crippen LogP contribution in [0.4, 0.5) is 0 Å². The van der Waals surface area contributed by atoms with Crippen LogP contribution in [0.15, 0.2) is 48.5 Å². The number of nitrogens with zero attached hydrogens (tertiary/aromatic N) is 2. The first kappa shape index (κ1) is 17.5. The Bertz CT molecular complexity index is 821. The summed E-state index contributed by atoms with van der Waals surface area (Å²) in [5.74, 6) is 1.14. The summed E-state index contributed by atoms with van der Waals surface area (Å²) in [7, 11) is 1.66. The second kappa shape index (κ2) is 7.74. The Hall–Kier alpha value is -1.95. The molecule has 0 saturated carbocycles. The summed E-state index contributed by atoms with van der Waals surface area (Å²) in [5, 5.41) is 11.9. The lowest BCUT2D eigenvalue weighted by Crippen LogP contribution is -2.35. The van der Waals surface area contributed by atoms with Crippen LogP contribution in [0, 0.1) is 5.92 Å². The molecule has 5 heteroatoms. The maximum absolute atomic E-state index is 10.7. The van der Waals surface area contributed by atoms with Crippen molar-refractivity contribution >= 4 is 21.6 Å². The molecule has 1 N–H and O–H groups in total. The third-order valence-corrected chi connectivity index (χ3v) is 6.25. The lowest BCUT2D eigenvalue weighted by molar-refractivity contribution is 0.0567. The molecule has 1 aromatic heterocycles. The van der Waals surface area contributed by atoms with E-state index in [0.717, 1.165) is 49.3 Å². The normalized spacial score (nSPS) is 17.5. The molecule has 2 heterocycles. The van der Waals surface area contributed by atoms with Gasteiger partial charge in [-0.25, -0.2) is 4.98 Å². The first-order valence-corrected chi connectivity index (χ1v) is 9.93. The van der Waals surface area contributed by atoms with Crippen LogP contribution in [0.25, 0.3) is 10.2 Å². The summed E-state index contributed by atoms with van der Waals surface area (Å²) >= 11 is 1.78. The van der Waals surface area contributed by atoms with Crippen LogP contribution in [0.5, 0.6) is 5.75 Å². The van der Waals surface area contributed by atoms with Gasteiger partial charge in [0.15, 0.2) is 0 Å². The van der Waals surface area contributed by atoms with E-state index < -0.39 is 6.10 Å². The number of aliphatic hydroxyl groups is 1. The molecule has 0 spiro atoms. The molecule has 0 unspecified atom stereocenters. The summed E-state index contributed by atoms with van der Waals surface area (Å²) in [6, 6.07) is 16.1. The minimum Gasteiger partial charge on any atom is -0.497 e. The predicted molar refractivity (Wildman–Crippen MR) is 106 cm³/mol. The highest BCUT2D eigenvalue weighted by Gasteiger charge is 2.26. The average molecular weight is 369 g/mol. The van der Waals surface area contributed by atoms with Crippen molar-refractivity contribution in [2.45, 2.75) is 25.5 Å². The Kier molecular flexibility index (Phi) is 5.20. The highest BCUT2D eigenvalue weighted by molar-refractivity contribution is 7.18. The van der Waals surface area contributed by atoms with E-state index in [1.165, 1.54) is 9.71 Å². The Morgan fingerprint density at radius 1 is 1.15 bits per heavy atom. The van der Waals surface area contributed by atoms with Crippen molar-refractivity contribution in [1.82, 2.24) is 9.88 Å². The molecule has 1 aliphatic rings. The maximum atomic E-state index is 10.7. The van der Waals surface area contributed by atoms with Crippen molar-refractivity contribution in [1.29, 1.82) is 0 Å². The van der Waals surface area contributed by atoms with E-state index in [9.17, 15) is 5.11 Å². The summed E-state index contributed by atoms with van der Waals surface area (Å²) < 4.78 is 6.45. The van der Waals surface area contributed by atoms with Gasteiger partial charge in [-0.3, -0.25) is 4.90 Å². The molecule has 3 aromatic rings. The Labute approximate surface area is 158 Å². The van der Waals surface area contributed by atoms with E-state index in [0.29, 0.717) is 5.92 Å². The number of aromatic nitrogens is 1. The Balaban J connectivity index is 1.34. The fourth-order valence-corrected chi connectivity index (χ4v) is 4.69. The molecule has 0 bridgehead atoms. The molecule has 4 nitrogen and oxygen atoms in total. The van der Waals surface area contributed by atoms with Gasteiger partial charge >= 0.3 is 0 Å². The number of methoxy groups -OCH3 is 1. The van der Waals surface area contributed by atoms with Gasteiger partial charge in [-0.1, -0.05) is 24.3 Å². The van der Waals surface area contributed by atoms with Gasteiger partial charge in [-0.05, 0) is 61.7 Å². The second-order valence-electron chi connectivity index (χ2n) is 6.91. The third-order valence-electron chi connectivity index (χ3n) is 5.23. The molecule has 26 heavy (non-hydrogen) atoms. The van der Waals surface area contributed by atoms with Gasteiger partial charge in [0.1, 0.15) is 10.8 Å². The SMILES string of the molecule is COc1ccc([C@@H](O)C2CCN(Cc3nc4ccccc4s3)CC2)cc1. The van der Waals surface area contributed by atoms with E-state index >= 15 is 0 Å². The van der Waals surface area contributed by atoms with E-state index in [-0.39, 0.29) is 0 Å². The Morgan fingerprint density at radius 2 is 1.88 bits per heavy atom. The number of piperidine rings is 1. The fourth-order valence-electron chi connectivity index (χ4n) is 3.68. The molecule has 1 atom stereocenters. The molecule has 1 fully saturated rings. The van der Waals surface area contributed by atoms with Gasteiger partial charge in [-0.2, -0.15) is 0 Å². The monoisotopic (exact) mass is 368 g/mol. The van der Waals surface area contributed by atoms with Gasteiger partial charge in [0, 0.05) is 0 Å². The van der Waals surface area contributed by atoms with Gasteiger partial charge in [0.05, 0.1) is 30.0 Å². The second-order valence-corrected chi connectivity index (χ2v) is 8.02. The zero-order valence-corrected chi connectivity index (χ0v) is 15.8. The van der Waals surface area contributed by atoms with Crippen LogP contribution in [-0.2, 0) is 6.54 Å².